The van der Waals surface area contributed by atoms with Crippen molar-refractivity contribution in [2.75, 3.05) is 11.9 Å². The smallest absolute Gasteiger partial charge is 0.260 e. The molecule has 9 heteroatoms. The molecule has 5 rings (SSSR count). The standard InChI is InChI=1S/C27H25FN6O2/c1-3-29-27(35)17(2)36-24-9-5-8-22-25(24)26(31-16-30-22)33-21-10-11-23-19(13-21)14-32-34(23)15-18-6-4-7-20(28)12-18/h4-14,16-17H,3,15H2,1-2H3,(H,29,35)(H,30,31,33)/t17-/m1/s1. The van der Waals surface area contributed by atoms with Gasteiger partial charge in [-0.2, -0.15) is 5.10 Å². The van der Waals surface area contributed by atoms with Crippen LogP contribution in [0.3, 0.4) is 0 Å². The number of hydrogen-bond acceptors (Lipinski definition) is 6. The molecule has 0 fully saturated rings. The predicted octanol–water partition coefficient (Wildman–Crippen LogP) is 4.81. The average molecular weight is 485 g/mol. The molecule has 0 unspecified atom stereocenters. The van der Waals surface area contributed by atoms with Gasteiger partial charge in [-0.25, -0.2) is 14.4 Å². The van der Waals surface area contributed by atoms with E-state index in [1.807, 2.05) is 48.0 Å². The van der Waals surface area contributed by atoms with Gasteiger partial charge in [-0.05, 0) is 61.9 Å². The average Bonchev–Trinajstić information content (AvgIpc) is 3.26. The first kappa shape index (κ1) is 23.2. The van der Waals surface area contributed by atoms with Crippen LogP contribution in [-0.4, -0.2) is 38.3 Å². The van der Waals surface area contributed by atoms with E-state index in [1.165, 1.54) is 18.5 Å². The largest absolute Gasteiger partial charge is 0.480 e. The molecule has 5 aromatic rings. The number of amides is 1. The van der Waals surface area contributed by atoms with Crippen molar-refractivity contribution >= 4 is 39.2 Å². The summed E-state index contributed by atoms with van der Waals surface area (Å²) in [7, 11) is 0. The molecule has 2 heterocycles. The lowest BCUT2D eigenvalue weighted by Gasteiger charge is -2.17. The number of nitrogens with one attached hydrogen (secondary N) is 2. The molecule has 2 aromatic heterocycles. The minimum absolute atomic E-state index is 0.193. The number of halogens is 1. The Hall–Kier alpha value is -4.53. The molecule has 0 radical (unpaired) electrons. The second kappa shape index (κ2) is 9.99. The SMILES string of the molecule is CCNC(=O)[C@@H](C)Oc1cccc2ncnc(Nc3ccc4c(cnn4Cc4cccc(F)c4)c3)c12. The molecule has 0 aliphatic carbocycles. The third-order valence-electron chi connectivity index (χ3n) is 5.77. The Morgan fingerprint density at radius 2 is 1.97 bits per heavy atom. The lowest BCUT2D eigenvalue weighted by atomic mass is 10.2. The van der Waals surface area contributed by atoms with Gasteiger partial charge >= 0.3 is 0 Å². The van der Waals surface area contributed by atoms with Gasteiger partial charge in [0.05, 0.1) is 29.2 Å². The number of hydrogen-bond donors (Lipinski definition) is 2. The highest BCUT2D eigenvalue weighted by Gasteiger charge is 2.17. The molecule has 0 bridgehead atoms. The van der Waals surface area contributed by atoms with Crippen LogP contribution in [0.25, 0.3) is 21.8 Å². The Labute approximate surface area is 207 Å². The Balaban J connectivity index is 1.43. The summed E-state index contributed by atoms with van der Waals surface area (Å²) in [6.45, 7) is 4.56. The number of anilines is 2. The highest BCUT2D eigenvalue weighted by Crippen LogP contribution is 2.33. The molecular formula is C27H25FN6O2. The van der Waals surface area contributed by atoms with Crippen LogP contribution in [0, 0.1) is 5.82 Å². The van der Waals surface area contributed by atoms with Crippen LogP contribution in [0.1, 0.15) is 19.4 Å². The molecule has 1 atom stereocenters. The zero-order valence-corrected chi connectivity index (χ0v) is 19.9. The van der Waals surface area contributed by atoms with Crippen molar-refractivity contribution in [2.24, 2.45) is 0 Å². The van der Waals surface area contributed by atoms with E-state index in [1.54, 1.807) is 25.3 Å². The maximum atomic E-state index is 13.6. The van der Waals surface area contributed by atoms with E-state index < -0.39 is 6.10 Å². The molecule has 182 valence electrons. The Kier molecular flexibility index (Phi) is 6.44. The highest BCUT2D eigenvalue weighted by molar-refractivity contribution is 5.96. The molecule has 0 saturated carbocycles. The number of aromatic nitrogens is 4. The van der Waals surface area contributed by atoms with Crippen LogP contribution in [0.4, 0.5) is 15.9 Å². The van der Waals surface area contributed by atoms with Gasteiger partial charge in [0, 0.05) is 17.6 Å². The molecule has 0 aliphatic rings. The van der Waals surface area contributed by atoms with Crippen LogP contribution in [0.2, 0.25) is 0 Å². The summed E-state index contributed by atoms with van der Waals surface area (Å²) in [5.41, 5.74) is 3.26. The number of carbonyl (C=O) groups is 1. The third-order valence-corrected chi connectivity index (χ3v) is 5.77. The van der Waals surface area contributed by atoms with Crippen molar-refractivity contribution < 1.29 is 13.9 Å². The summed E-state index contributed by atoms with van der Waals surface area (Å²) in [5, 5.41) is 12.2. The molecule has 0 spiro atoms. The van der Waals surface area contributed by atoms with Gasteiger partial charge in [-0.1, -0.05) is 18.2 Å². The molecular weight excluding hydrogens is 459 g/mol. The van der Waals surface area contributed by atoms with E-state index in [9.17, 15) is 9.18 Å². The Bertz CT molecular complexity index is 1550. The van der Waals surface area contributed by atoms with Crippen molar-refractivity contribution in [2.45, 2.75) is 26.5 Å². The van der Waals surface area contributed by atoms with E-state index in [0.29, 0.717) is 35.6 Å². The van der Waals surface area contributed by atoms with Gasteiger partial charge < -0.3 is 15.4 Å². The van der Waals surface area contributed by atoms with Crippen molar-refractivity contribution in [3.05, 3.63) is 84.6 Å². The quantitative estimate of drug-likeness (QED) is 0.328. The first-order valence-electron chi connectivity index (χ1n) is 11.7. The maximum Gasteiger partial charge on any atom is 0.260 e. The second-order valence-electron chi connectivity index (χ2n) is 8.36. The summed E-state index contributed by atoms with van der Waals surface area (Å²) in [4.78, 5) is 21.0. The maximum absolute atomic E-state index is 13.6. The molecule has 0 aliphatic heterocycles. The number of rotatable bonds is 8. The molecule has 3 aromatic carbocycles. The first-order valence-corrected chi connectivity index (χ1v) is 11.7. The lowest BCUT2D eigenvalue weighted by Crippen LogP contribution is -2.36. The fraction of sp³-hybridized carbons (Fsp3) is 0.185. The van der Waals surface area contributed by atoms with Crippen LogP contribution in [-0.2, 0) is 11.3 Å². The van der Waals surface area contributed by atoms with E-state index in [2.05, 4.69) is 25.7 Å². The second-order valence-corrected chi connectivity index (χ2v) is 8.36. The predicted molar refractivity (Wildman–Crippen MR) is 137 cm³/mol. The molecule has 2 N–H and O–H groups in total. The summed E-state index contributed by atoms with van der Waals surface area (Å²) < 4.78 is 21.4. The normalized spacial score (nSPS) is 12.0. The van der Waals surface area contributed by atoms with Crippen molar-refractivity contribution in [3.63, 3.8) is 0 Å². The van der Waals surface area contributed by atoms with E-state index in [4.69, 9.17) is 4.74 Å². The van der Waals surface area contributed by atoms with Crippen molar-refractivity contribution in [3.8, 4) is 5.75 Å². The Morgan fingerprint density at radius 1 is 1.11 bits per heavy atom. The zero-order chi connectivity index (χ0) is 25.1. The summed E-state index contributed by atoms with van der Waals surface area (Å²) in [6, 6.07) is 17.9. The van der Waals surface area contributed by atoms with Crippen molar-refractivity contribution in [1.29, 1.82) is 0 Å². The highest BCUT2D eigenvalue weighted by atomic mass is 19.1. The molecule has 36 heavy (non-hydrogen) atoms. The van der Waals surface area contributed by atoms with E-state index in [-0.39, 0.29) is 11.7 Å². The minimum Gasteiger partial charge on any atom is -0.480 e. The van der Waals surface area contributed by atoms with Gasteiger partial charge in [0.15, 0.2) is 6.10 Å². The first-order chi connectivity index (χ1) is 17.5. The number of benzene rings is 3. The van der Waals surface area contributed by atoms with Crippen LogP contribution in [0.15, 0.2) is 73.2 Å². The summed E-state index contributed by atoms with van der Waals surface area (Å²) in [6.07, 6.45) is 2.58. The molecule has 1 amide bonds. The van der Waals surface area contributed by atoms with E-state index in [0.717, 1.165) is 22.2 Å². The van der Waals surface area contributed by atoms with Gasteiger partial charge in [0.25, 0.3) is 5.91 Å². The number of likely N-dealkylation sites (N-methyl/N-ethyl adjacent to an activating group) is 1. The monoisotopic (exact) mass is 484 g/mol. The fourth-order valence-corrected chi connectivity index (χ4v) is 4.07. The third kappa shape index (κ3) is 4.81. The topological polar surface area (TPSA) is 94.0 Å². The zero-order valence-electron chi connectivity index (χ0n) is 19.9. The van der Waals surface area contributed by atoms with E-state index >= 15 is 0 Å². The number of ether oxygens (including phenoxy) is 1. The summed E-state index contributed by atoms with van der Waals surface area (Å²) in [5.74, 6) is 0.612. The van der Waals surface area contributed by atoms with Crippen LogP contribution < -0.4 is 15.4 Å². The van der Waals surface area contributed by atoms with Gasteiger partial charge in [-0.15, -0.1) is 0 Å². The van der Waals surface area contributed by atoms with Gasteiger partial charge in [0.2, 0.25) is 0 Å². The minimum atomic E-state index is -0.677. The van der Waals surface area contributed by atoms with Crippen LogP contribution >= 0.6 is 0 Å². The Morgan fingerprint density at radius 3 is 2.81 bits per heavy atom. The lowest BCUT2D eigenvalue weighted by molar-refractivity contribution is -0.127. The molecule has 8 nitrogen and oxygen atoms in total. The number of fused-ring (bicyclic) bond motifs is 2. The van der Waals surface area contributed by atoms with Crippen LogP contribution in [0.5, 0.6) is 5.75 Å². The molecule has 0 saturated heterocycles. The van der Waals surface area contributed by atoms with Crippen molar-refractivity contribution in [1.82, 2.24) is 25.1 Å². The van der Waals surface area contributed by atoms with Gasteiger partial charge in [-0.3, -0.25) is 9.48 Å². The summed E-state index contributed by atoms with van der Waals surface area (Å²) >= 11 is 0. The number of nitrogens with zero attached hydrogens (tertiary/aromatic N) is 4. The van der Waals surface area contributed by atoms with Gasteiger partial charge in [0.1, 0.15) is 23.7 Å². The fourth-order valence-electron chi connectivity index (χ4n) is 4.07. The number of carbonyl (C=O) groups excluding carboxylic acids is 1.